The highest BCUT2D eigenvalue weighted by molar-refractivity contribution is 6.31. The first-order valence-electron chi connectivity index (χ1n) is 5.36. The van der Waals surface area contributed by atoms with E-state index in [2.05, 4.69) is 9.84 Å². The van der Waals surface area contributed by atoms with Crippen molar-refractivity contribution in [3.05, 3.63) is 58.6 Å². The monoisotopic (exact) mass is 280 g/mol. The van der Waals surface area contributed by atoms with E-state index in [9.17, 15) is 9.18 Å². The summed E-state index contributed by atoms with van der Waals surface area (Å²) in [5.74, 6) is -0.862. The van der Waals surface area contributed by atoms with Gasteiger partial charge in [-0.1, -0.05) is 23.7 Å². The molecule has 1 heterocycles. The number of halogens is 2. The maximum absolute atomic E-state index is 12.7. The summed E-state index contributed by atoms with van der Waals surface area (Å²) in [5, 5.41) is 4.45. The second-order valence-corrected chi connectivity index (χ2v) is 4.11. The Morgan fingerprint density at radius 1 is 1.42 bits per heavy atom. The van der Waals surface area contributed by atoms with E-state index in [1.54, 1.807) is 12.1 Å². The average molecular weight is 281 g/mol. The molecule has 0 N–H and O–H groups in total. The zero-order chi connectivity index (χ0) is 13.8. The van der Waals surface area contributed by atoms with Crippen LogP contribution in [0, 0.1) is 5.82 Å². The molecular weight excluding hydrogens is 271 g/mol. The highest BCUT2D eigenvalue weighted by Crippen LogP contribution is 2.15. The predicted molar refractivity (Wildman–Crippen MR) is 70.2 cm³/mol. The van der Waals surface area contributed by atoms with Crippen molar-refractivity contribution >= 4 is 23.8 Å². The molecule has 98 valence electrons. The molecule has 1 aromatic heterocycles. The molecule has 0 aliphatic heterocycles. The third kappa shape index (κ3) is 3.20. The van der Waals surface area contributed by atoms with Crippen molar-refractivity contribution in [3.8, 4) is 0 Å². The Labute approximate surface area is 114 Å². The smallest absolute Gasteiger partial charge is 0.356 e. The Hall–Kier alpha value is -2.14. The molecule has 0 atom stereocenters. The van der Waals surface area contributed by atoms with Gasteiger partial charge < -0.3 is 4.74 Å². The van der Waals surface area contributed by atoms with Crippen LogP contribution >= 0.6 is 11.6 Å². The van der Waals surface area contributed by atoms with Gasteiger partial charge in [0.1, 0.15) is 5.82 Å². The van der Waals surface area contributed by atoms with Crippen molar-refractivity contribution in [2.24, 2.45) is 5.10 Å². The Morgan fingerprint density at radius 3 is 2.74 bits per heavy atom. The number of methoxy groups -OCH3 is 1. The van der Waals surface area contributed by atoms with Gasteiger partial charge in [-0.25, -0.2) is 13.9 Å². The number of hydrogen-bond acceptors (Lipinski definition) is 3. The molecule has 0 amide bonds. The fourth-order valence-electron chi connectivity index (χ4n) is 1.45. The van der Waals surface area contributed by atoms with E-state index in [0.717, 1.165) is 0 Å². The molecular formula is C13H10ClFN2O2. The van der Waals surface area contributed by atoms with Gasteiger partial charge in [0.25, 0.3) is 0 Å². The average Bonchev–Trinajstić information content (AvgIpc) is 2.78. The van der Waals surface area contributed by atoms with Crippen molar-refractivity contribution in [2.75, 3.05) is 7.11 Å². The van der Waals surface area contributed by atoms with E-state index in [1.807, 2.05) is 0 Å². The number of nitrogens with zero attached hydrogens (tertiary/aromatic N) is 2. The molecule has 2 rings (SSSR count). The summed E-state index contributed by atoms with van der Waals surface area (Å²) in [5.41, 5.74) is 0.910. The molecule has 0 fully saturated rings. The van der Waals surface area contributed by atoms with Crippen LogP contribution in [-0.2, 0) is 4.74 Å². The van der Waals surface area contributed by atoms with Crippen LogP contribution in [0.2, 0.25) is 5.02 Å². The number of ether oxygens (including phenoxy) is 1. The number of benzene rings is 1. The Kier molecular flexibility index (Phi) is 3.97. The minimum Gasteiger partial charge on any atom is -0.464 e. The number of hydrogen-bond donors (Lipinski definition) is 0. The lowest BCUT2D eigenvalue weighted by atomic mass is 10.2. The van der Waals surface area contributed by atoms with Crippen LogP contribution in [0.25, 0.3) is 0 Å². The number of aromatic nitrogens is 1. The first-order chi connectivity index (χ1) is 9.10. The first kappa shape index (κ1) is 13.3. The second kappa shape index (κ2) is 5.67. The van der Waals surface area contributed by atoms with E-state index in [-0.39, 0.29) is 11.5 Å². The second-order valence-electron chi connectivity index (χ2n) is 3.68. The zero-order valence-corrected chi connectivity index (χ0v) is 10.8. The van der Waals surface area contributed by atoms with Crippen LogP contribution < -0.4 is 0 Å². The van der Waals surface area contributed by atoms with Gasteiger partial charge in [0.2, 0.25) is 0 Å². The summed E-state index contributed by atoms with van der Waals surface area (Å²) in [7, 11) is 1.28. The third-order valence-electron chi connectivity index (χ3n) is 2.36. The van der Waals surface area contributed by atoms with Crippen LogP contribution in [0.1, 0.15) is 16.1 Å². The number of carbonyl (C=O) groups is 1. The zero-order valence-electron chi connectivity index (χ0n) is 10.0. The van der Waals surface area contributed by atoms with Crippen molar-refractivity contribution in [2.45, 2.75) is 0 Å². The molecule has 19 heavy (non-hydrogen) atoms. The predicted octanol–water partition coefficient (Wildman–Crippen LogP) is 2.95. The molecule has 1 aromatic carbocycles. The summed E-state index contributed by atoms with van der Waals surface area (Å²) in [6.07, 6.45) is 2.97. The molecule has 2 aromatic rings. The highest BCUT2D eigenvalue weighted by atomic mass is 35.5. The van der Waals surface area contributed by atoms with Crippen LogP contribution in [0.5, 0.6) is 0 Å². The lowest BCUT2D eigenvalue weighted by molar-refractivity contribution is 0.0589. The van der Waals surface area contributed by atoms with Crippen molar-refractivity contribution < 1.29 is 13.9 Å². The van der Waals surface area contributed by atoms with Gasteiger partial charge in [-0.3, -0.25) is 0 Å². The summed E-state index contributed by atoms with van der Waals surface area (Å²) >= 11 is 5.82. The normalized spacial score (nSPS) is 10.9. The first-order valence-corrected chi connectivity index (χ1v) is 5.74. The molecule has 0 bridgehead atoms. The fraction of sp³-hybridized carbons (Fsp3) is 0.0769. The van der Waals surface area contributed by atoms with Gasteiger partial charge >= 0.3 is 5.97 Å². The summed E-state index contributed by atoms with van der Waals surface area (Å²) in [6, 6.07) is 7.25. The van der Waals surface area contributed by atoms with E-state index >= 15 is 0 Å². The van der Waals surface area contributed by atoms with Crippen LogP contribution in [0.4, 0.5) is 4.39 Å². The van der Waals surface area contributed by atoms with Crippen molar-refractivity contribution in [1.29, 1.82) is 0 Å². The lowest BCUT2D eigenvalue weighted by Gasteiger charge is -2.00. The number of rotatable bonds is 3. The van der Waals surface area contributed by atoms with Crippen molar-refractivity contribution in [1.82, 2.24) is 4.68 Å². The lowest BCUT2D eigenvalue weighted by Crippen LogP contribution is -2.06. The standard InChI is InChI=1S/C13H10ClFN2O2/c1-19-13(18)12-6-10(14)8-17(12)16-7-9-2-4-11(15)5-3-9/h2-8H,1H3/b16-7+. The Morgan fingerprint density at radius 2 is 2.11 bits per heavy atom. The fourth-order valence-corrected chi connectivity index (χ4v) is 1.65. The molecule has 0 unspecified atom stereocenters. The van der Waals surface area contributed by atoms with Gasteiger partial charge in [0, 0.05) is 6.20 Å². The quantitative estimate of drug-likeness (QED) is 0.641. The van der Waals surface area contributed by atoms with Gasteiger partial charge in [0.05, 0.1) is 18.3 Å². The molecule has 0 saturated carbocycles. The minimum atomic E-state index is -0.539. The largest absolute Gasteiger partial charge is 0.464 e. The summed E-state index contributed by atoms with van der Waals surface area (Å²) in [6.45, 7) is 0. The van der Waals surface area contributed by atoms with E-state index in [0.29, 0.717) is 10.6 Å². The van der Waals surface area contributed by atoms with Gasteiger partial charge in [0.15, 0.2) is 5.69 Å². The SMILES string of the molecule is COC(=O)c1cc(Cl)cn1/N=C/c1ccc(F)cc1. The maximum atomic E-state index is 12.7. The molecule has 0 saturated heterocycles. The molecule has 0 aliphatic rings. The number of esters is 1. The Balaban J connectivity index is 2.27. The number of carbonyl (C=O) groups excluding carboxylic acids is 1. The molecule has 4 nitrogen and oxygen atoms in total. The molecule has 0 radical (unpaired) electrons. The van der Waals surface area contributed by atoms with Crippen molar-refractivity contribution in [3.63, 3.8) is 0 Å². The minimum absolute atomic E-state index is 0.214. The molecule has 0 aliphatic carbocycles. The summed E-state index contributed by atoms with van der Waals surface area (Å²) < 4.78 is 18.7. The van der Waals surface area contributed by atoms with Gasteiger partial charge in [-0.2, -0.15) is 5.10 Å². The summed E-state index contributed by atoms with van der Waals surface area (Å²) in [4.78, 5) is 11.5. The third-order valence-corrected chi connectivity index (χ3v) is 2.57. The van der Waals surface area contributed by atoms with Crippen LogP contribution in [0.3, 0.4) is 0 Å². The van der Waals surface area contributed by atoms with Crippen LogP contribution in [0.15, 0.2) is 41.6 Å². The molecule has 0 spiro atoms. The van der Waals surface area contributed by atoms with Gasteiger partial charge in [-0.05, 0) is 23.8 Å². The molecule has 6 heteroatoms. The van der Waals surface area contributed by atoms with E-state index in [1.165, 1.54) is 42.4 Å². The van der Waals surface area contributed by atoms with Crippen LogP contribution in [-0.4, -0.2) is 24.0 Å². The highest BCUT2D eigenvalue weighted by Gasteiger charge is 2.12. The topological polar surface area (TPSA) is 43.6 Å². The van der Waals surface area contributed by atoms with E-state index in [4.69, 9.17) is 11.6 Å². The van der Waals surface area contributed by atoms with Gasteiger partial charge in [-0.15, -0.1) is 0 Å². The van der Waals surface area contributed by atoms with E-state index < -0.39 is 5.97 Å². The maximum Gasteiger partial charge on any atom is 0.356 e. The Bertz CT molecular complexity index is 620.